The van der Waals surface area contributed by atoms with E-state index in [9.17, 15) is 5.11 Å². The lowest BCUT2D eigenvalue weighted by molar-refractivity contribution is 0.0581. The number of hydrogen-bond acceptors (Lipinski definition) is 3. The average Bonchev–Trinajstić information content (AvgIpc) is 2.50. The molecule has 0 amide bonds. The second-order valence-corrected chi connectivity index (χ2v) is 4.19. The van der Waals surface area contributed by atoms with Gasteiger partial charge in [0.25, 0.3) is 0 Å². The number of aromatic nitrogens is 2. The van der Waals surface area contributed by atoms with Crippen molar-refractivity contribution in [2.45, 2.75) is 26.4 Å². The van der Waals surface area contributed by atoms with Crippen molar-refractivity contribution in [3.63, 3.8) is 0 Å². The highest BCUT2D eigenvalue weighted by molar-refractivity contribution is 5.03. The smallest absolute Gasteiger partial charge is 0.0631 e. The van der Waals surface area contributed by atoms with Crippen molar-refractivity contribution in [2.75, 3.05) is 6.54 Å². The van der Waals surface area contributed by atoms with Gasteiger partial charge in [-0.15, -0.1) is 0 Å². The Balaban J connectivity index is 2.75. The molecule has 0 aliphatic rings. The largest absolute Gasteiger partial charge is 0.393 e. The molecular weight excluding hydrogens is 178 g/mol. The maximum absolute atomic E-state index is 9.62. The van der Waals surface area contributed by atoms with Gasteiger partial charge in [-0.3, -0.25) is 4.68 Å². The predicted molar refractivity (Wildman–Crippen MR) is 55.8 cm³/mol. The first-order valence-electron chi connectivity index (χ1n) is 4.84. The first kappa shape index (κ1) is 11.2. The molecule has 0 aromatic carbocycles. The summed E-state index contributed by atoms with van der Waals surface area (Å²) in [7, 11) is 1.88. The second kappa shape index (κ2) is 4.11. The van der Waals surface area contributed by atoms with Gasteiger partial charge in [0.15, 0.2) is 0 Å². The molecule has 2 atom stereocenters. The second-order valence-electron chi connectivity index (χ2n) is 4.19. The van der Waals surface area contributed by atoms with Crippen LogP contribution in [0.15, 0.2) is 12.3 Å². The van der Waals surface area contributed by atoms with Gasteiger partial charge in [-0.2, -0.15) is 5.10 Å². The van der Waals surface area contributed by atoms with Crippen molar-refractivity contribution in [1.82, 2.24) is 9.78 Å². The lowest BCUT2D eigenvalue weighted by Crippen LogP contribution is -2.39. The van der Waals surface area contributed by atoms with Crippen LogP contribution in [0.25, 0.3) is 0 Å². The van der Waals surface area contributed by atoms with Gasteiger partial charge in [0, 0.05) is 31.6 Å². The Morgan fingerprint density at radius 2 is 2.36 bits per heavy atom. The molecule has 0 aliphatic heterocycles. The summed E-state index contributed by atoms with van der Waals surface area (Å²) in [5.74, 6) is 0. The molecule has 0 bridgehead atoms. The van der Waals surface area contributed by atoms with Crippen LogP contribution in [0.2, 0.25) is 0 Å². The average molecular weight is 197 g/mol. The van der Waals surface area contributed by atoms with E-state index in [1.54, 1.807) is 11.6 Å². The molecule has 0 spiro atoms. The first-order chi connectivity index (χ1) is 6.48. The molecule has 1 aromatic heterocycles. The van der Waals surface area contributed by atoms with Gasteiger partial charge in [0.1, 0.15) is 0 Å². The van der Waals surface area contributed by atoms with E-state index in [1.165, 1.54) is 0 Å². The maximum Gasteiger partial charge on any atom is 0.0631 e. The van der Waals surface area contributed by atoms with E-state index in [1.807, 2.05) is 26.2 Å². The van der Waals surface area contributed by atoms with E-state index in [0.29, 0.717) is 13.0 Å². The Morgan fingerprint density at radius 3 is 2.71 bits per heavy atom. The number of aryl methyl sites for hydroxylation is 1. The summed E-state index contributed by atoms with van der Waals surface area (Å²) in [5, 5.41) is 13.9. The van der Waals surface area contributed by atoms with Gasteiger partial charge in [0.2, 0.25) is 0 Å². The molecule has 3 N–H and O–H groups in total. The fourth-order valence-corrected chi connectivity index (χ4v) is 1.36. The van der Waals surface area contributed by atoms with Gasteiger partial charge in [-0.05, 0) is 13.0 Å². The van der Waals surface area contributed by atoms with Crippen LogP contribution in [0.1, 0.15) is 19.5 Å². The van der Waals surface area contributed by atoms with E-state index in [-0.39, 0.29) is 5.41 Å². The highest BCUT2D eigenvalue weighted by Crippen LogP contribution is 2.24. The van der Waals surface area contributed by atoms with Crippen molar-refractivity contribution in [1.29, 1.82) is 0 Å². The van der Waals surface area contributed by atoms with Crippen LogP contribution >= 0.6 is 0 Å². The van der Waals surface area contributed by atoms with Crippen molar-refractivity contribution < 1.29 is 5.11 Å². The lowest BCUT2D eigenvalue weighted by Gasteiger charge is -2.30. The molecule has 0 saturated heterocycles. The Hall–Kier alpha value is -0.870. The number of hydrogen-bond donors (Lipinski definition) is 2. The minimum absolute atomic E-state index is 0.283. The molecule has 80 valence electrons. The Morgan fingerprint density at radius 1 is 1.71 bits per heavy atom. The summed E-state index contributed by atoms with van der Waals surface area (Å²) < 4.78 is 1.76. The third-order valence-corrected chi connectivity index (χ3v) is 2.83. The number of aliphatic hydroxyl groups excluding tert-OH is 1. The van der Waals surface area contributed by atoms with Crippen LogP contribution in [-0.2, 0) is 13.5 Å². The zero-order valence-corrected chi connectivity index (χ0v) is 9.07. The Kier molecular flexibility index (Phi) is 3.29. The zero-order chi connectivity index (χ0) is 10.8. The van der Waals surface area contributed by atoms with E-state index < -0.39 is 6.10 Å². The summed E-state index contributed by atoms with van der Waals surface area (Å²) in [6.07, 6.45) is 2.19. The van der Waals surface area contributed by atoms with Crippen LogP contribution in [0.5, 0.6) is 0 Å². The predicted octanol–water partition coefficient (Wildman–Crippen LogP) is 0.308. The highest BCUT2D eigenvalue weighted by Gasteiger charge is 2.29. The van der Waals surface area contributed by atoms with E-state index >= 15 is 0 Å². The van der Waals surface area contributed by atoms with Gasteiger partial charge >= 0.3 is 0 Å². The molecule has 0 fully saturated rings. The zero-order valence-electron chi connectivity index (χ0n) is 9.07. The van der Waals surface area contributed by atoms with Crippen LogP contribution < -0.4 is 5.73 Å². The van der Waals surface area contributed by atoms with Gasteiger partial charge in [0.05, 0.1) is 11.8 Å². The summed E-state index contributed by atoms with van der Waals surface area (Å²) in [6, 6.07) is 1.95. The van der Waals surface area contributed by atoms with E-state index in [4.69, 9.17) is 5.73 Å². The van der Waals surface area contributed by atoms with Crippen LogP contribution in [0.4, 0.5) is 0 Å². The van der Waals surface area contributed by atoms with E-state index in [2.05, 4.69) is 5.10 Å². The number of nitrogens with zero attached hydrogens (tertiary/aromatic N) is 2. The summed E-state index contributed by atoms with van der Waals surface area (Å²) in [6.45, 7) is 4.21. The molecular formula is C10H19N3O. The van der Waals surface area contributed by atoms with Crippen LogP contribution in [0, 0.1) is 5.41 Å². The third-order valence-electron chi connectivity index (χ3n) is 2.83. The third kappa shape index (κ3) is 2.33. The van der Waals surface area contributed by atoms with Gasteiger partial charge in [-0.25, -0.2) is 0 Å². The maximum atomic E-state index is 9.62. The fourth-order valence-electron chi connectivity index (χ4n) is 1.36. The molecule has 0 aliphatic carbocycles. The van der Waals surface area contributed by atoms with Crippen LogP contribution in [0.3, 0.4) is 0 Å². The number of rotatable bonds is 4. The Labute approximate surface area is 84.7 Å². The topological polar surface area (TPSA) is 64.1 Å². The first-order valence-corrected chi connectivity index (χ1v) is 4.84. The summed E-state index contributed by atoms with van der Waals surface area (Å²) in [5.41, 5.74) is 6.36. The molecule has 4 nitrogen and oxygen atoms in total. The standard InChI is InChI=1S/C10H19N3O/c1-8(14)10(2,7-11)6-9-4-5-13(3)12-9/h4-5,8,14H,6-7,11H2,1-3H3. The minimum atomic E-state index is -0.422. The quantitative estimate of drug-likeness (QED) is 0.730. The molecule has 0 radical (unpaired) electrons. The number of nitrogens with two attached hydrogens (primary N) is 1. The monoisotopic (exact) mass is 197 g/mol. The molecule has 14 heavy (non-hydrogen) atoms. The van der Waals surface area contributed by atoms with Crippen molar-refractivity contribution in [3.05, 3.63) is 18.0 Å². The van der Waals surface area contributed by atoms with Gasteiger partial charge < -0.3 is 10.8 Å². The normalized spacial score (nSPS) is 17.8. The Bertz CT molecular complexity index is 295. The highest BCUT2D eigenvalue weighted by atomic mass is 16.3. The van der Waals surface area contributed by atoms with Gasteiger partial charge in [-0.1, -0.05) is 6.92 Å². The lowest BCUT2D eigenvalue weighted by atomic mass is 9.81. The van der Waals surface area contributed by atoms with E-state index in [0.717, 1.165) is 5.69 Å². The SMILES string of the molecule is CC(O)C(C)(CN)Cc1ccn(C)n1. The molecule has 4 heteroatoms. The van der Waals surface area contributed by atoms with Crippen LogP contribution in [-0.4, -0.2) is 27.5 Å². The molecule has 2 unspecified atom stereocenters. The fraction of sp³-hybridized carbons (Fsp3) is 0.700. The van der Waals surface area contributed by atoms with Crippen molar-refractivity contribution in [3.8, 4) is 0 Å². The molecule has 1 rings (SSSR count). The van der Waals surface area contributed by atoms with Crippen molar-refractivity contribution >= 4 is 0 Å². The molecule has 1 heterocycles. The summed E-state index contributed by atoms with van der Waals surface area (Å²) in [4.78, 5) is 0. The molecule has 1 aromatic rings. The van der Waals surface area contributed by atoms with Crippen molar-refractivity contribution in [2.24, 2.45) is 18.2 Å². The number of aliphatic hydroxyl groups is 1. The summed E-state index contributed by atoms with van der Waals surface area (Å²) >= 11 is 0. The molecule has 0 saturated carbocycles. The minimum Gasteiger partial charge on any atom is -0.393 e.